The van der Waals surface area contributed by atoms with Gasteiger partial charge in [-0.1, -0.05) is 18.2 Å². The number of hydrogen-bond acceptors (Lipinski definition) is 3. The first-order valence-corrected chi connectivity index (χ1v) is 6.68. The van der Waals surface area contributed by atoms with E-state index in [0.29, 0.717) is 26.2 Å². The third-order valence-corrected chi connectivity index (χ3v) is 3.43. The highest BCUT2D eigenvalue weighted by atomic mass is 16.2. The molecular formula is C14H20N4O2. The molecule has 1 saturated heterocycles. The van der Waals surface area contributed by atoms with Gasteiger partial charge in [0.05, 0.1) is 6.54 Å². The van der Waals surface area contributed by atoms with Gasteiger partial charge in [-0.25, -0.2) is 4.79 Å². The smallest absolute Gasteiger partial charge is 0.321 e. The van der Waals surface area contributed by atoms with E-state index in [4.69, 9.17) is 5.73 Å². The minimum atomic E-state index is -0.331. The number of primary amides is 1. The summed E-state index contributed by atoms with van der Waals surface area (Å²) in [5.74, 6) is -0.331. The van der Waals surface area contributed by atoms with Crippen molar-refractivity contribution in [2.24, 2.45) is 5.73 Å². The Hall–Kier alpha value is -2.08. The Morgan fingerprint density at radius 2 is 1.85 bits per heavy atom. The summed E-state index contributed by atoms with van der Waals surface area (Å²) in [4.78, 5) is 26.7. The molecule has 1 heterocycles. The lowest BCUT2D eigenvalue weighted by atomic mass is 10.2. The van der Waals surface area contributed by atoms with Crippen molar-refractivity contribution in [3.63, 3.8) is 0 Å². The van der Waals surface area contributed by atoms with Gasteiger partial charge in [-0.2, -0.15) is 0 Å². The van der Waals surface area contributed by atoms with Crippen LogP contribution >= 0.6 is 0 Å². The van der Waals surface area contributed by atoms with Crippen LogP contribution in [0.1, 0.15) is 5.56 Å². The summed E-state index contributed by atoms with van der Waals surface area (Å²) in [5, 5.41) is 2.91. The molecule has 0 saturated carbocycles. The van der Waals surface area contributed by atoms with Crippen molar-refractivity contribution in [1.82, 2.24) is 9.80 Å². The number of para-hydroxylation sites is 1. The van der Waals surface area contributed by atoms with Gasteiger partial charge >= 0.3 is 6.03 Å². The number of hydrogen-bond donors (Lipinski definition) is 2. The Morgan fingerprint density at radius 1 is 1.20 bits per heavy atom. The van der Waals surface area contributed by atoms with Crippen LogP contribution in [0.5, 0.6) is 0 Å². The topological polar surface area (TPSA) is 78.7 Å². The lowest BCUT2D eigenvalue weighted by molar-refractivity contribution is -0.119. The molecule has 0 unspecified atom stereocenters. The molecule has 2 rings (SSSR count). The molecule has 1 fully saturated rings. The molecule has 0 aliphatic carbocycles. The fourth-order valence-electron chi connectivity index (χ4n) is 2.24. The molecule has 20 heavy (non-hydrogen) atoms. The Bertz CT molecular complexity index is 496. The average Bonchev–Trinajstić information content (AvgIpc) is 2.41. The number of aryl methyl sites for hydroxylation is 1. The molecule has 0 bridgehead atoms. The van der Waals surface area contributed by atoms with Crippen molar-refractivity contribution < 1.29 is 9.59 Å². The molecule has 0 spiro atoms. The van der Waals surface area contributed by atoms with Crippen LogP contribution in [0.25, 0.3) is 0 Å². The highest BCUT2D eigenvalue weighted by molar-refractivity contribution is 5.90. The second-order valence-corrected chi connectivity index (χ2v) is 4.97. The lowest BCUT2D eigenvalue weighted by Crippen LogP contribution is -2.51. The Kier molecular flexibility index (Phi) is 4.57. The van der Waals surface area contributed by atoms with Crippen LogP contribution in [0.2, 0.25) is 0 Å². The minimum Gasteiger partial charge on any atom is -0.369 e. The number of nitrogens with zero attached hydrogens (tertiary/aromatic N) is 2. The van der Waals surface area contributed by atoms with Gasteiger partial charge in [0.25, 0.3) is 0 Å². The van der Waals surface area contributed by atoms with Crippen LogP contribution in [0.3, 0.4) is 0 Å². The number of carbonyl (C=O) groups excluding carboxylic acids is 2. The maximum Gasteiger partial charge on any atom is 0.321 e. The second kappa shape index (κ2) is 6.38. The zero-order valence-corrected chi connectivity index (χ0v) is 11.6. The first-order valence-electron chi connectivity index (χ1n) is 6.68. The summed E-state index contributed by atoms with van der Waals surface area (Å²) in [5.41, 5.74) is 7.03. The molecule has 1 aliphatic rings. The van der Waals surface area contributed by atoms with Crippen molar-refractivity contribution in [3.05, 3.63) is 29.8 Å². The Balaban J connectivity index is 1.86. The molecule has 6 nitrogen and oxygen atoms in total. The predicted molar refractivity (Wildman–Crippen MR) is 77.4 cm³/mol. The molecular weight excluding hydrogens is 256 g/mol. The van der Waals surface area contributed by atoms with Gasteiger partial charge in [0.15, 0.2) is 0 Å². The molecule has 1 aromatic carbocycles. The summed E-state index contributed by atoms with van der Waals surface area (Å²) < 4.78 is 0. The monoisotopic (exact) mass is 276 g/mol. The molecule has 0 atom stereocenters. The van der Waals surface area contributed by atoms with E-state index in [-0.39, 0.29) is 18.5 Å². The molecule has 0 aromatic heterocycles. The number of rotatable bonds is 3. The molecule has 108 valence electrons. The number of urea groups is 1. The van der Waals surface area contributed by atoms with E-state index in [1.165, 1.54) is 0 Å². The van der Waals surface area contributed by atoms with E-state index >= 15 is 0 Å². The fourth-order valence-corrected chi connectivity index (χ4v) is 2.24. The van der Waals surface area contributed by atoms with E-state index in [9.17, 15) is 9.59 Å². The van der Waals surface area contributed by atoms with Crippen LogP contribution in [0.4, 0.5) is 10.5 Å². The normalized spacial score (nSPS) is 15.9. The molecule has 0 radical (unpaired) electrons. The van der Waals surface area contributed by atoms with Crippen LogP contribution in [0, 0.1) is 6.92 Å². The predicted octanol–water partition coefficient (Wildman–Crippen LogP) is 0.630. The molecule has 6 heteroatoms. The largest absolute Gasteiger partial charge is 0.369 e. The van der Waals surface area contributed by atoms with Gasteiger partial charge < -0.3 is 16.0 Å². The van der Waals surface area contributed by atoms with Crippen molar-refractivity contribution >= 4 is 17.6 Å². The van der Waals surface area contributed by atoms with Gasteiger partial charge in [-0.3, -0.25) is 9.69 Å². The van der Waals surface area contributed by atoms with Crippen molar-refractivity contribution in [2.75, 3.05) is 38.0 Å². The Labute approximate surface area is 118 Å². The van der Waals surface area contributed by atoms with E-state index in [0.717, 1.165) is 11.3 Å². The standard InChI is InChI=1S/C14H20N4O2/c1-11-4-2-3-5-12(11)16-14(20)18-8-6-17(7-9-18)10-13(15)19/h2-5H,6-10H2,1H3,(H2,15,19)(H,16,20). The van der Waals surface area contributed by atoms with Gasteiger partial charge in [-0.05, 0) is 18.6 Å². The number of benzene rings is 1. The lowest BCUT2D eigenvalue weighted by Gasteiger charge is -2.34. The first kappa shape index (κ1) is 14.3. The summed E-state index contributed by atoms with van der Waals surface area (Å²) in [6.45, 7) is 4.76. The summed E-state index contributed by atoms with van der Waals surface area (Å²) in [7, 11) is 0. The second-order valence-electron chi connectivity index (χ2n) is 4.97. The van der Waals surface area contributed by atoms with Crippen LogP contribution in [0.15, 0.2) is 24.3 Å². The average molecular weight is 276 g/mol. The Morgan fingerprint density at radius 3 is 2.45 bits per heavy atom. The van der Waals surface area contributed by atoms with Crippen LogP contribution in [-0.2, 0) is 4.79 Å². The highest BCUT2D eigenvalue weighted by Crippen LogP contribution is 2.14. The molecule has 1 aliphatic heterocycles. The number of anilines is 1. The van der Waals surface area contributed by atoms with Crippen LogP contribution < -0.4 is 11.1 Å². The maximum absolute atomic E-state index is 12.2. The first-order chi connectivity index (χ1) is 9.56. The number of piperazine rings is 1. The van der Waals surface area contributed by atoms with Crippen LogP contribution in [-0.4, -0.2) is 54.5 Å². The van der Waals surface area contributed by atoms with E-state index < -0.39 is 0 Å². The number of amides is 3. The summed E-state index contributed by atoms with van der Waals surface area (Å²) in [6, 6.07) is 7.58. The molecule has 3 N–H and O–H groups in total. The minimum absolute atomic E-state index is 0.0991. The summed E-state index contributed by atoms with van der Waals surface area (Å²) >= 11 is 0. The van der Waals surface area contributed by atoms with Crippen molar-refractivity contribution in [1.29, 1.82) is 0 Å². The number of nitrogens with one attached hydrogen (secondary N) is 1. The highest BCUT2D eigenvalue weighted by Gasteiger charge is 2.21. The maximum atomic E-state index is 12.2. The fraction of sp³-hybridized carbons (Fsp3) is 0.429. The van der Waals surface area contributed by atoms with E-state index in [2.05, 4.69) is 5.32 Å². The summed E-state index contributed by atoms with van der Waals surface area (Å²) in [6.07, 6.45) is 0. The van der Waals surface area contributed by atoms with Gasteiger partial charge in [0, 0.05) is 31.9 Å². The molecule has 3 amide bonds. The van der Waals surface area contributed by atoms with Crippen molar-refractivity contribution in [2.45, 2.75) is 6.92 Å². The van der Waals surface area contributed by atoms with Crippen molar-refractivity contribution in [3.8, 4) is 0 Å². The van der Waals surface area contributed by atoms with E-state index in [1.54, 1.807) is 4.90 Å². The SMILES string of the molecule is Cc1ccccc1NC(=O)N1CCN(CC(N)=O)CC1. The van der Waals surface area contributed by atoms with Gasteiger partial charge in [0.2, 0.25) is 5.91 Å². The number of nitrogens with two attached hydrogens (primary N) is 1. The zero-order chi connectivity index (χ0) is 14.5. The van der Waals surface area contributed by atoms with Gasteiger partial charge in [0.1, 0.15) is 0 Å². The number of carbonyl (C=O) groups is 2. The van der Waals surface area contributed by atoms with E-state index in [1.807, 2.05) is 36.1 Å². The third kappa shape index (κ3) is 3.71. The third-order valence-electron chi connectivity index (χ3n) is 3.43. The quantitative estimate of drug-likeness (QED) is 0.850. The van der Waals surface area contributed by atoms with Gasteiger partial charge in [-0.15, -0.1) is 0 Å². The zero-order valence-electron chi connectivity index (χ0n) is 11.6. The molecule has 1 aromatic rings.